The van der Waals surface area contributed by atoms with Crippen LogP contribution in [-0.2, 0) is 7.05 Å². The molecule has 0 bridgehead atoms. The van der Waals surface area contributed by atoms with Gasteiger partial charge in [-0.05, 0) is 36.4 Å². The molecule has 0 aliphatic rings. The standard InChI is InChI=1S/C23H18ClN5O/c1-28(16-6-3-5-15(24)11-16)20-8-4-7-17-22(20)27-29(2)23(17)19-12-18-21(26-19)14(13-30)9-10-25-18/h3-13,26H,1-2H3. The average molecular weight is 416 g/mol. The minimum atomic E-state index is 0.583. The Morgan fingerprint density at radius 3 is 2.77 bits per heavy atom. The number of fused-ring (bicyclic) bond motifs is 2. The number of benzene rings is 2. The molecule has 1 N–H and O–H groups in total. The molecule has 0 aliphatic heterocycles. The van der Waals surface area contributed by atoms with Crippen LogP contribution in [0.15, 0.2) is 60.8 Å². The van der Waals surface area contributed by atoms with Crippen molar-refractivity contribution in [1.29, 1.82) is 0 Å². The first-order valence-electron chi connectivity index (χ1n) is 9.45. The molecule has 6 nitrogen and oxygen atoms in total. The Labute approximate surface area is 177 Å². The fourth-order valence-electron chi connectivity index (χ4n) is 3.89. The molecule has 30 heavy (non-hydrogen) atoms. The predicted molar refractivity (Wildman–Crippen MR) is 121 cm³/mol. The van der Waals surface area contributed by atoms with Crippen molar-refractivity contribution in [2.75, 3.05) is 11.9 Å². The number of nitrogens with one attached hydrogen (secondary N) is 1. The minimum absolute atomic E-state index is 0.583. The molecule has 0 fully saturated rings. The van der Waals surface area contributed by atoms with Crippen LogP contribution in [0, 0.1) is 0 Å². The molecule has 7 heteroatoms. The number of H-pyrrole nitrogens is 1. The Hall–Kier alpha value is -3.64. The molecule has 2 aromatic carbocycles. The number of halogens is 1. The van der Waals surface area contributed by atoms with Crippen LogP contribution in [0.4, 0.5) is 11.4 Å². The lowest BCUT2D eigenvalue weighted by Crippen LogP contribution is -2.09. The minimum Gasteiger partial charge on any atom is -0.351 e. The number of hydrogen-bond donors (Lipinski definition) is 1. The van der Waals surface area contributed by atoms with E-state index in [-0.39, 0.29) is 0 Å². The molecule has 3 aromatic heterocycles. The molecule has 5 aromatic rings. The van der Waals surface area contributed by atoms with E-state index in [2.05, 4.69) is 14.9 Å². The molecule has 0 saturated carbocycles. The highest BCUT2D eigenvalue weighted by molar-refractivity contribution is 6.30. The number of aromatic amines is 1. The van der Waals surface area contributed by atoms with Crippen molar-refractivity contribution in [2.45, 2.75) is 0 Å². The van der Waals surface area contributed by atoms with Gasteiger partial charge in [-0.25, -0.2) is 0 Å². The lowest BCUT2D eigenvalue weighted by molar-refractivity contribution is 0.112. The largest absolute Gasteiger partial charge is 0.351 e. The number of nitrogens with zero attached hydrogens (tertiary/aromatic N) is 4. The van der Waals surface area contributed by atoms with Gasteiger partial charge in [-0.15, -0.1) is 0 Å². The van der Waals surface area contributed by atoms with Crippen molar-refractivity contribution >= 4 is 51.2 Å². The van der Waals surface area contributed by atoms with E-state index in [1.165, 1.54) is 0 Å². The lowest BCUT2D eigenvalue weighted by atomic mass is 10.1. The van der Waals surface area contributed by atoms with Crippen LogP contribution in [0.25, 0.3) is 33.3 Å². The van der Waals surface area contributed by atoms with E-state index in [9.17, 15) is 4.79 Å². The molecular weight excluding hydrogens is 398 g/mol. The van der Waals surface area contributed by atoms with Crippen molar-refractivity contribution in [1.82, 2.24) is 19.7 Å². The number of anilines is 2. The summed E-state index contributed by atoms with van der Waals surface area (Å²) in [4.78, 5) is 21.2. The van der Waals surface area contributed by atoms with Crippen LogP contribution < -0.4 is 4.90 Å². The smallest absolute Gasteiger partial charge is 0.152 e. The molecule has 0 saturated heterocycles. The maximum atomic E-state index is 11.4. The van der Waals surface area contributed by atoms with Crippen LogP contribution in [0.2, 0.25) is 5.02 Å². The first-order chi connectivity index (χ1) is 14.6. The molecule has 0 radical (unpaired) electrons. The van der Waals surface area contributed by atoms with E-state index in [4.69, 9.17) is 16.7 Å². The van der Waals surface area contributed by atoms with Crippen molar-refractivity contribution in [3.05, 3.63) is 71.4 Å². The van der Waals surface area contributed by atoms with Crippen LogP contribution in [0.1, 0.15) is 10.4 Å². The van der Waals surface area contributed by atoms with Gasteiger partial charge < -0.3 is 9.88 Å². The number of pyridine rings is 1. The molecule has 0 unspecified atom stereocenters. The number of rotatable bonds is 4. The Bertz CT molecular complexity index is 1420. The lowest BCUT2D eigenvalue weighted by Gasteiger charge is -2.20. The van der Waals surface area contributed by atoms with Crippen molar-refractivity contribution in [3.63, 3.8) is 0 Å². The number of carbonyl (C=O) groups is 1. The van der Waals surface area contributed by atoms with E-state index in [1.54, 1.807) is 12.3 Å². The Morgan fingerprint density at radius 1 is 1.13 bits per heavy atom. The van der Waals surface area contributed by atoms with Gasteiger partial charge in [-0.2, -0.15) is 5.10 Å². The first-order valence-corrected chi connectivity index (χ1v) is 9.83. The third kappa shape index (κ3) is 2.84. The van der Waals surface area contributed by atoms with E-state index in [1.807, 2.05) is 67.3 Å². The Morgan fingerprint density at radius 2 is 1.97 bits per heavy atom. The summed E-state index contributed by atoms with van der Waals surface area (Å²) in [6.45, 7) is 0. The Balaban J connectivity index is 1.70. The quantitative estimate of drug-likeness (QED) is 0.402. The van der Waals surface area contributed by atoms with Crippen LogP contribution in [0.5, 0.6) is 0 Å². The van der Waals surface area contributed by atoms with Gasteiger partial charge in [0.15, 0.2) is 6.29 Å². The summed E-state index contributed by atoms with van der Waals surface area (Å²) in [5, 5.41) is 6.49. The van der Waals surface area contributed by atoms with Gasteiger partial charge in [-0.3, -0.25) is 14.5 Å². The molecule has 0 aliphatic carbocycles. The SMILES string of the molecule is CN(c1cccc(Cl)c1)c1cccc2c(-c3cc4nccc(C=O)c4[nH]3)n(C)nc12. The van der Waals surface area contributed by atoms with E-state index in [0.717, 1.165) is 51.0 Å². The van der Waals surface area contributed by atoms with E-state index in [0.29, 0.717) is 10.6 Å². The van der Waals surface area contributed by atoms with Gasteiger partial charge in [0.2, 0.25) is 0 Å². The summed E-state index contributed by atoms with van der Waals surface area (Å²) in [5.74, 6) is 0. The topological polar surface area (TPSA) is 66.8 Å². The summed E-state index contributed by atoms with van der Waals surface area (Å²) < 4.78 is 1.85. The number of aromatic nitrogens is 4. The number of carbonyl (C=O) groups excluding carboxylic acids is 1. The number of aryl methyl sites for hydroxylation is 1. The zero-order valence-electron chi connectivity index (χ0n) is 16.4. The number of hydrogen-bond acceptors (Lipinski definition) is 4. The highest BCUT2D eigenvalue weighted by Crippen LogP contribution is 2.36. The third-order valence-corrected chi connectivity index (χ3v) is 5.57. The van der Waals surface area contributed by atoms with E-state index >= 15 is 0 Å². The maximum absolute atomic E-state index is 11.4. The normalized spacial score (nSPS) is 11.3. The van der Waals surface area contributed by atoms with Crippen molar-refractivity contribution in [2.24, 2.45) is 7.05 Å². The van der Waals surface area contributed by atoms with Gasteiger partial charge in [0.25, 0.3) is 0 Å². The van der Waals surface area contributed by atoms with Gasteiger partial charge >= 0.3 is 0 Å². The summed E-state index contributed by atoms with van der Waals surface area (Å²) in [5.41, 5.74) is 6.67. The molecule has 0 spiro atoms. The Kier molecular flexibility index (Phi) is 4.29. The third-order valence-electron chi connectivity index (χ3n) is 5.34. The zero-order valence-corrected chi connectivity index (χ0v) is 17.2. The predicted octanol–water partition coefficient (Wildman–Crippen LogP) is 5.35. The van der Waals surface area contributed by atoms with Gasteiger partial charge in [0.1, 0.15) is 5.52 Å². The second-order valence-electron chi connectivity index (χ2n) is 7.15. The monoisotopic (exact) mass is 415 g/mol. The summed E-state index contributed by atoms with van der Waals surface area (Å²) >= 11 is 6.19. The fraction of sp³-hybridized carbons (Fsp3) is 0.0870. The molecule has 0 atom stereocenters. The second-order valence-corrected chi connectivity index (χ2v) is 7.58. The van der Waals surface area contributed by atoms with Gasteiger partial charge in [-0.1, -0.05) is 29.8 Å². The summed E-state index contributed by atoms with van der Waals surface area (Å²) in [6, 6.07) is 17.5. The molecule has 0 amide bonds. The molecule has 3 heterocycles. The van der Waals surface area contributed by atoms with Crippen molar-refractivity contribution in [3.8, 4) is 11.4 Å². The second kappa shape index (κ2) is 7.00. The maximum Gasteiger partial charge on any atom is 0.152 e. The average Bonchev–Trinajstić information content (AvgIpc) is 3.32. The van der Waals surface area contributed by atoms with E-state index < -0.39 is 0 Å². The van der Waals surface area contributed by atoms with Gasteiger partial charge in [0.05, 0.1) is 28.1 Å². The molecule has 5 rings (SSSR count). The fourth-order valence-corrected chi connectivity index (χ4v) is 4.07. The van der Waals surface area contributed by atoms with Crippen LogP contribution in [0.3, 0.4) is 0 Å². The highest BCUT2D eigenvalue weighted by atomic mass is 35.5. The van der Waals surface area contributed by atoms with Crippen LogP contribution in [-0.4, -0.2) is 33.1 Å². The van der Waals surface area contributed by atoms with Gasteiger partial charge in [0, 0.05) is 42.0 Å². The molecular formula is C23H18ClN5O. The summed E-state index contributed by atoms with van der Waals surface area (Å²) in [7, 11) is 3.91. The molecule has 148 valence electrons. The van der Waals surface area contributed by atoms with Crippen LogP contribution >= 0.6 is 11.6 Å². The number of aldehydes is 1. The highest BCUT2D eigenvalue weighted by Gasteiger charge is 2.19. The zero-order chi connectivity index (χ0) is 20.8. The first kappa shape index (κ1) is 18.4. The summed E-state index contributed by atoms with van der Waals surface area (Å²) in [6.07, 6.45) is 2.48. The van der Waals surface area contributed by atoms with Crippen molar-refractivity contribution < 1.29 is 4.79 Å².